The molecule has 0 radical (unpaired) electrons. The molecule has 0 bridgehead atoms. The van der Waals surface area contributed by atoms with Gasteiger partial charge in [-0.05, 0) is 42.0 Å². The van der Waals surface area contributed by atoms with E-state index in [2.05, 4.69) is 17.4 Å². The summed E-state index contributed by atoms with van der Waals surface area (Å²) >= 11 is 0. The average Bonchev–Trinajstić information content (AvgIpc) is 2.71. The van der Waals surface area contributed by atoms with Gasteiger partial charge >= 0.3 is 0 Å². The number of nitrogens with one attached hydrogen (secondary N) is 1. The highest BCUT2D eigenvalue weighted by Gasteiger charge is 2.03. The number of para-hydroxylation sites is 2. The van der Waals surface area contributed by atoms with Gasteiger partial charge in [-0.25, -0.2) is 0 Å². The molecular weight excluding hydrogens is 326 g/mol. The Morgan fingerprint density at radius 2 is 1.42 bits per heavy atom. The van der Waals surface area contributed by atoms with Crippen LogP contribution in [0.4, 0.5) is 5.69 Å². The maximum absolute atomic E-state index is 5.95. The molecule has 0 aliphatic rings. The number of hydrogen-bond acceptors (Lipinski definition) is 4. The van der Waals surface area contributed by atoms with Crippen LogP contribution >= 0.6 is 0 Å². The summed E-state index contributed by atoms with van der Waals surface area (Å²) in [5, 5.41) is 3.37. The van der Waals surface area contributed by atoms with Gasteiger partial charge in [0.2, 0.25) is 0 Å². The highest BCUT2D eigenvalue weighted by molar-refractivity contribution is 5.56. The second kappa shape index (κ2) is 9.37. The molecule has 0 aliphatic carbocycles. The van der Waals surface area contributed by atoms with E-state index in [-0.39, 0.29) is 0 Å². The second-order valence-corrected chi connectivity index (χ2v) is 5.72. The Labute approximate surface area is 154 Å². The first-order chi connectivity index (χ1) is 12.8. The minimum atomic E-state index is 0.544. The van der Waals surface area contributed by atoms with Gasteiger partial charge in [0.25, 0.3) is 0 Å². The zero-order valence-corrected chi connectivity index (χ0v) is 14.9. The van der Waals surface area contributed by atoms with Gasteiger partial charge in [0, 0.05) is 6.54 Å². The van der Waals surface area contributed by atoms with Gasteiger partial charge in [-0.3, -0.25) is 0 Å². The van der Waals surface area contributed by atoms with E-state index in [0.29, 0.717) is 19.8 Å². The number of methoxy groups -OCH3 is 1. The summed E-state index contributed by atoms with van der Waals surface area (Å²) in [6.45, 7) is 1.78. The van der Waals surface area contributed by atoms with Gasteiger partial charge in [-0.1, -0.05) is 42.5 Å². The Kier molecular flexibility index (Phi) is 6.37. The van der Waals surface area contributed by atoms with E-state index in [1.807, 2.05) is 66.7 Å². The SMILES string of the molecule is COc1ccc(OCCNc2ccccc2OCc2ccccc2)cc1. The summed E-state index contributed by atoms with van der Waals surface area (Å²) in [5.74, 6) is 2.47. The third-order valence-corrected chi connectivity index (χ3v) is 3.87. The smallest absolute Gasteiger partial charge is 0.142 e. The van der Waals surface area contributed by atoms with Gasteiger partial charge < -0.3 is 19.5 Å². The first-order valence-corrected chi connectivity index (χ1v) is 8.61. The molecule has 0 aromatic heterocycles. The Morgan fingerprint density at radius 1 is 0.731 bits per heavy atom. The molecule has 0 aliphatic heterocycles. The third-order valence-electron chi connectivity index (χ3n) is 3.87. The summed E-state index contributed by atoms with van der Waals surface area (Å²) in [4.78, 5) is 0. The molecular formula is C22H23NO3. The number of benzene rings is 3. The van der Waals surface area contributed by atoms with Crippen molar-refractivity contribution in [3.05, 3.63) is 84.4 Å². The molecule has 0 amide bonds. The molecule has 0 saturated heterocycles. The Morgan fingerprint density at radius 3 is 2.19 bits per heavy atom. The maximum Gasteiger partial charge on any atom is 0.142 e. The lowest BCUT2D eigenvalue weighted by molar-refractivity contribution is 0.306. The summed E-state index contributed by atoms with van der Waals surface area (Å²) in [5.41, 5.74) is 2.10. The largest absolute Gasteiger partial charge is 0.497 e. The van der Waals surface area contributed by atoms with Crippen LogP contribution < -0.4 is 19.5 Å². The number of ether oxygens (including phenoxy) is 3. The molecule has 3 aromatic rings. The predicted molar refractivity (Wildman–Crippen MR) is 104 cm³/mol. The van der Waals surface area contributed by atoms with Crippen molar-refractivity contribution in [2.45, 2.75) is 6.61 Å². The minimum Gasteiger partial charge on any atom is -0.497 e. The van der Waals surface area contributed by atoms with E-state index in [1.165, 1.54) is 0 Å². The topological polar surface area (TPSA) is 39.7 Å². The normalized spacial score (nSPS) is 10.2. The van der Waals surface area contributed by atoms with E-state index >= 15 is 0 Å². The molecule has 3 rings (SSSR count). The number of hydrogen-bond donors (Lipinski definition) is 1. The zero-order valence-electron chi connectivity index (χ0n) is 14.9. The van der Waals surface area contributed by atoms with Crippen LogP contribution in [0.15, 0.2) is 78.9 Å². The van der Waals surface area contributed by atoms with E-state index in [0.717, 1.165) is 28.5 Å². The van der Waals surface area contributed by atoms with Crippen LogP contribution in [0.25, 0.3) is 0 Å². The molecule has 4 nitrogen and oxygen atoms in total. The summed E-state index contributed by atoms with van der Waals surface area (Å²) in [7, 11) is 1.65. The minimum absolute atomic E-state index is 0.544. The van der Waals surface area contributed by atoms with Crippen molar-refractivity contribution in [3.8, 4) is 17.2 Å². The zero-order chi connectivity index (χ0) is 18.0. The van der Waals surface area contributed by atoms with Crippen molar-refractivity contribution in [2.75, 3.05) is 25.6 Å². The van der Waals surface area contributed by atoms with Crippen molar-refractivity contribution in [1.82, 2.24) is 0 Å². The quantitative estimate of drug-likeness (QED) is 0.565. The van der Waals surface area contributed by atoms with Crippen molar-refractivity contribution in [3.63, 3.8) is 0 Å². The standard InChI is InChI=1S/C22H23NO3/c1-24-19-11-13-20(14-12-19)25-16-15-23-21-9-5-6-10-22(21)26-17-18-7-3-2-4-8-18/h2-14,23H,15-17H2,1H3. The molecule has 0 saturated carbocycles. The van der Waals surface area contributed by atoms with Crippen LogP contribution in [0.3, 0.4) is 0 Å². The monoisotopic (exact) mass is 349 g/mol. The Hall–Kier alpha value is -3.14. The van der Waals surface area contributed by atoms with Crippen molar-refractivity contribution < 1.29 is 14.2 Å². The summed E-state index contributed by atoms with van der Waals surface area (Å²) < 4.78 is 16.8. The summed E-state index contributed by atoms with van der Waals surface area (Å²) in [6, 6.07) is 25.6. The fourth-order valence-corrected chi connectivity index (χ4v) is 2.50. The van der Waals surface area contributed by atoms with Crippen LogP contribution in [0, 0.1) is 0 Å². The lowest BCUT2D eigenvalue weighted by Gasteiger charge is -2.14. The van der Waals surface area contributed by atoms with Crippen molar-refractivity contribution >= 4 is 5.69 Å². The molecule has 0 spiro atoms. The van der Waals surface area contributed by atoms with Gasteiger partial charge in [0.05, 0.1) is 12.8 Å². The molecule has 4 heteroatoms. The molecule has 0 unspecified atom stereocenters. The van der Waals surface area contributed by atoms with Crippen molar-refractivity contribution in [1.29, 1.82) is 0 Å². The van der Waals surface area contributed by atoms with E-state index in [9.17, 15) is 0 Å². The van der Waals surface area contributed by atoms with Gasteiger partial charge in [-0.2, -0.15) is 0 Å². The lowest BCUT2D eigenvalue weighted by atomic mass is 10.2. The van der Waals surface area contributed by atoms with Gasteiger partial charge in [0.1, 0.15) is 30.5 Å². The highest BCUT2D eigenvalue weighted by Crippen LogP contribution is 2.24. The molecule has 26 heavy (non-hydrogen) atoms. The van der Waals surface area contributed by atoms with Crippen LogP contribution in [0.2, 0.25) is 0 Å². The predicted octanol–water partition coefficient (Wildman–Crippen LogP) is 4.77. The average molecular weight is 349 g/mol. The van der Waals surface area contributed by atoms with Crippen LogP contribution in [0.1, 0.15) is 5.56 Å². The fourth-order valence-electron chi connectivity index (χ4n) is 2.50. The molecule has 0 heterocycles. The fraction of sp³-hybridized carbons (Fsp3) is 0.182. The van der Waals surface area contributed by atoms with Crippen molar-refractivity contribution in [2.24, 2.45) is 0 Å². The molecule has 134 valence electrons. The molecule has 0 fully saturated rings. The Bertz CT molecular complexity index is 788. The highest BCUT2D eigenvalue weighted by atomic mass is 16.5. The van der Waals surface area contributed by atoms with E-state index in [4.69, 9.17) is 14.2 Å². The summed E-state index contributed by atoms with van der Waals surface area (Å²) in [6.07, 6.45) is 0. The Balaban J connectivity index is 1.48. The van der Waals surface area contributed by atoms with Crippen LogP contribution in [-0.4, -0.2) is 20.3 Å². The maximum atomic E-state index is 5.95. The van der Waals surface area contributed by atoms with E-state index in [1.54, 1.807) is 7.11 Å². The number of rotatable bonds is 9. The second-order valence-electron chi connectivity index (χ2n) is 5.72. The number of anilines is 1. The van der Waals surface area contributed by atoms with Crippen LogP contribution in [0.5, 0.6) is 17.2 Å². The molecule has 1 N–H and O–H groups in total. The first-order valence-electron chi connectivity index (χ1n) is 8.61. The lowest BCUT2D eigenvalue weighted by Crippen LogP contribution is -2.12. The first kappa shape index (κ1) is 17.7. The third kappa shape index (κ3) is 5.18. The van der Waals surface area contributed by atoms with Gasteiger partial charge in [0.15, 0.2) is 0 Å². The molecule has 0 atom stereocenters. The van der Waals surface area contributed by atoms with Crippen LogP contribution in [-0.2, 0) is 6.61 Å². The van der Waals surface area contributed by atoms with E-state index < -0.39 is 0 Å². The van der Waals surface area contributed by atoms with Gasteiger partial charge in [-0.15, -0.1) is 0 Å². The molecule has 3 aromatic carbocycles.